The van der Waals surface area contributed by atoms with Crippen LogP contribution in [0.25, 0.3) is 0 Å². The smallest absolute Gasteiger partial charge is 0.475 e. The third-order valence-electron chi connectivity index (χ3n) is 5.64. The van der Waals surface area contributed by atoms with Crippen LogP contribution in [0.2, 0.25) is 0 Å². The number of carbonyl (C=O) groups excluding carboxylic acids is 1. The molecule has 4 aromatic rings. The number of halogens is 4. The molecule has 222 valence electrons. The maximum Gasteiger partial charge on any atom is 0.490 e. The SMILES string of the molecule is Cc1cc(N[C@@H](Cc2ccccc2)C(=O)NCc2cccs2)nc(NCCc2ccc(F)cc2)n1.O=C(O)C(F)(F)F. The predicted octanol–water partition coefficient (Wildman–Crippen LogP) is 5.61. The number of aromatic nitrogens is 2. The van der Waals surface area contributed by atoms with Crippen molar-refractivity contribution in [3.05, 3.63) is 106 Å². The van der Waals surface area contributed by atoms with Crippen LogP contribution in [0.3, 0.4) is 0 Å². The van der Waals surface area contributed by atoms with E-state index in [0.717, 1.165) is 21.7 Å². The minimum absolute atomic E-state index is 0.0932. The molecule has 1 atom stereocenters. The number of benzene rings is 2. The third-order valence-corrected chi connectivity index (χ3v) is 6.52. The number of aliphatic carboxylic acids is 1. The molecule has 4 N–H and O–H groups in total. The summed E-state index contributed by atoms with van der Waals surface area (Å²) in [5, 5.41) is 18.7. The highest BCUT2D eigenvalue weighted by molar-refractivity contribution is 7.09. The summed E-state index contributed by atoms with van der Waals surface area (Å²) in [5.41, 5.74) is 2.86. The van der Waals surface area contributed by atoms with Gasteiger partial charge in [-0.15, -0.1) is 11.3 Å². The lowest BCUT2D eigenvalue weighted by molar-refractivity contribution is -0.192. The number of thiophene rings is 1. The van der Waals surface area contributed by atoms with Gasteiger partial charge < -0.3 is 21.1 Å². The average Bonchev–Trinajstić information content (AvgIpc) is 3.46. The second kappa shape index (κ2) is 15.5. The summed E-state index contributed by atoms with van der Waals surface area (Å²) in [5.74, 6) is -2.04. The van der Waals surface area contributed by atoms with E-state index in [2.05, 4.69) is 25.9 Å². The van der Waals surface area contributed by atoms with Gasteiger partial charge in [0.05, 0.1) is 6.54 Å². The first-order valence-corrected chi connectivity index (χ1v) is 13.6. The lowest BCUT2D eigenvalue weighted by Gasteiger charge is -2.20. The number of anilines is 2. The molecule has 4 rings (SSSR count). The van der Waals surface area contributed by atoms with Crippen LogP contribution in [0.4, 0.5) is 29.3 Å². The van der Waals surface area contributed by atoms with E-state index in [0.29, 0.717) is 37.7 Å². The van der Waals surface area contributed by atoms with E-state index >= 15 is 0 Å². The number of carboxylic acids is 1. The summed E-state index contributed by atoms with van der Waals surface area (Å²) < 4.78 is 44.8. The molecule has 0 aliphatic rings. The molecule has 1 amide bonds. The number of nitrogens with one attached hydrogen (secondary N) is 3. The molecule has 0 spiro atoms. The van der Waals surface area contributed by atoms with Gasteiger partial charge in [-0.25, -0.2) is 14.2 Å². The van der Waals surface area contributed by atoms with Gasteiger partial charge in [-0.3, -0.25) is 4.79 Å². The topological polar surface area (TPSA) is 116 Å². The maximum absolute atomic E-state index is 13.1. The van der Waals surface area contributed by atoms with Gasteiger partial charge in [0.25, 0.3) is 0 Å². The standard InChI is InChI=1S/C27H28FN5OS.C2HF3O2/c1-19-16-25(33-27(31-19)29-14-13-20-9-11-22(28)12-10-20)32-24(17-21-6-3-2-4-7-21)26(34)30-18-23-8-5-15-35-23;3-2(4,5)1(6)7/h2-12,15-16,24H,13-14,17-18H2,1H3,(H,30,34)(H2,29,31,32,33);(H,6,7)/t24-;/m0./s1. The number of carbonyl (C=O) groups is 2. The highest BCUT2D eigenvalue weighted by atomic mass is 32.1. The molecule has 0 saturated carbocycles. The van der Waals surface area contributed by atoms with Gasteiger partial charge in [-0.05, 0) is 48.1 Å². The Bertz CT molecular complexity index is 1420. The Balaban J connectivity index is 0.000000616. The summed E-state index contributed by atoms with van der Waals surface area (Å²) >= 11 is 1.61. The van der Waals surface area contributed by atoms with E-state index < -0.39 is 18.2 Å². The van der Waals surface area contributed by atoms with Crippen molar-refractivity contribution in [1.29, 1.82) is 0 Å². The van der Waals surface area contributed by atoms with Crippen LogP contribution in [0.15, 0.2) is 78.2 Å². The van der Waals surface area contributed by atoms with Gasteiger partial charge in [0, 0.05) is 29.6 Å². The van der Waals surface area contributed by atoms with E-state index in [-0.39, 0.29) is 11.7 Å². The molecule has 2 aromatic heterocycles. The fraction of sp³-hybridized carbons (Fsp3) is 0.241. The second-order valence-electron chi connectivity index (χ2n) is 9.01. The van der Waals surface area contributed by atoms with Crippen molar-refractivity contribution >= 4 is 35.0 Å². The molecule has 0 unspecified atom stereocenters. The number of amides is 1. The first-order chi connectivity index (χ1) is 20.0. The van der Waals surface area contributed by atoms with Gasteiger partial charge in [0.2, 0.25) is 11.9 Å². The molecule has 42 heavy (non-hydrogen) atoms. The molecular weight excluding hydrogens is 574 g/mol. The number of alkyl halides is 3. The van der Waals surface area contributed by atoms with Crippen molar-refractivity contribution in [2.45, 2.75) is 38.5 Å². The number of hydrogen-bond acceptors (Lipinski definition) is 7. The van der Waals surface area contributed by atoms with Crippen molar-refractivity contribution in [3.63, 3.8) is 0 Å². The van der Waals surface area contributed by atoms with Gasteiger partial charge >= 0.3 is 12.1 Å². The summed E-state index contributed by atoms with van der Waals surface area (Å²) in [4.78, 5) is 32.2. The number of aryl methyl sites for hydroxylation is 1. The largest absolute Gasteiger partial charge is 0.490 e. The highest BCUT2D eigenvalue weighted by Crippen LogP contribution is 2.15. The first-order valence-electron chi connectivity index (χ1n) is 12.7. The molecule has 13 heteroatoms. The lowest BCUT2D eigenvalue weighted by atomic mass is 10.1. The second-order valence-corrected chi connectivity index (χ2v) is 10.0. The average molecular weight is 604 g/mol. The van der Waals surface area contributed by atoms with Crippen LogP contribution >= 0.6 is 11.3 Å². The minimum Gasteiger partial charge on any atom is -0.475 e. The van der Waals surface area contributed by atoms with Crippen molar-refractivity contribution in [2.24, 2.45) is 0 Å². The number of hydrogen-bond donors (Lipinski definition) is 4. The molecule has 0 aliphatic carbocycles. The van der Waals surface area contributed by atoms with Crippen LogP contribution < -0.4 is 16.0 Å². The quantitative estimate of drug-likeness (QED) is 0.165. The number of rotatable bonds is 11. The zero-order valence-electron chi connectivity index (χ0n) is 22.5. The van der Waals surface area contributed by atoms with Crippen molar-refractivity contribution in [2.75, 3.05) is 17.2 Å². The fourth-order valence-corrected chi connectivity index (χ4v) is 4.28. The van der Waals surface area contributed by atoms with Crippen LogP contribution in [0.5, 0.6) is 0 Å². The molecule has 0 saturated heterocycles. The molecule has 0 radical (unpaired) electrons. The van der Waals surface area contributed by atoms with Gasteiger partial charge in [0.1, 0.15) is 17.7 Å². The van der Waals surface area contributed by atoms with Crippen LogP contribution in [0.1, 0.15) is 21.7 Å². The van der Waals surface area contributed by atoms with Crippen LogP contribution in [-0.4, -0.2) is 45.7 Å². The Labute approximate surface area is 243 Å². The van der Waals surface area contributed by atoms with Crippen LogP contribution in [0, 0.1) is 12.7 Å². The van der Waals surface area contributed by atoms with E-state index in [9.17, 15) is 22.4 Å². The molecule has 2 heterocycles. The predicted molar refractivity (Wildman–Crippen MR) is 153 cm³/mol. The first kappa shape index (κ1) is 32.0. The summed E-state index contributed by atoms with van der Waals surface area (Å²) in [6.45, 7) is 2.98. The fourth-order valence-electron chi connectivity index (χ4n) is 3.64. The summed E-state index contributed by atoms with van der Waals surface area (Å²) in [7, 11) is 0. The third kappa shape index (κ3) is 11.2. The molecule has 8 nitrogen and oxygen atoms in total. The van der Waals surface area contributed by atoms with E-state index in [1.54, 1.807) is 23.5 Å². The normalized spacial score (nSPS) is 11.5. The van der Waals surface area contributed by atoms with Gasteiger partial charge in [-0.1, -0.05) is 48.5 Å². The Morgan fingerprint density at radius 1 is 0.976 bits per heavy atom. The minimum atomic E-state index is -5.08. The maximum atomic E-state index is 13.1. The summed E-state index contributed by atoms with van der Waals surface area (Å²) in [6.07, 6.45) is -3.85. The molecule has 0 bridgehead atoms. The van der Waals surface area contributed by atoms with E-state index in [4.69, 9.17) is 9.90 Å². The van der Waals surface area contributed by atoms with Gasteiger partial charge in [-0.2, -0.15) is 18.2 Å². The number of carboxylic acid groups (broad SMARTS) is 1. The Kier molecular flexibility index (Phi) is 11.8. The lowest BCUT2D eigenvalue weighted by Crippen LogP contribution is -2.41. The van der Waals surface area contributed by atoms with Crippen molar-refractivity contribution in [3.8, 4) is 0 Å². The summed E-state index contributed by atoms with van der Waals surface area (Å²) in [6, 6.07) is 21.7. The van der Waals surface area contributed by atoms with Gasteiger partial charge in [0.15, 0.2) is 0 Å². The zero-order chi connectivity index (χ0) is 30.5. The van der Waals surface area contributed by atoms with Crippen molar-refractivity contribution < 1.29 is 32.3 Å². The molecule has 0 fully saturated rings. The molecule has 0 aliphatic heterocycles. The number of nitrogens with zero attached hydrogens (tertiary/aromatic N) is 2. The Hall–Kier alpha value is -4.52. The van der Waals surface area contributed by atoms with E-state index in [1.165, 1.54) is 12.1 Å². The molecular formula is C29H29F4N5O3S. The Morgan fingerprint density at radius 2 is 1.67 bits per heavy atom. The van der Waals surface area contributed by atoms with Crippen LogP contribution in [-0.2, 0) is 29.0 Å². The highest BCUT2D eigenvalue weighted by Gasteiger charge is 2.38. The van der Waals surface area contributed by atoms with Crippen molar-refractivity contribution in [1.82, 2.24) is 15.3 Å². The zero-order valence-corrected chi connectivity index (χ0v) is 23.3. The van der Waals surface area contributed by atoms with E-state index in [1.807, 2.05) is 60.8 Å². The molecule has 2 aromatic carbocycles. The Morgan fingerprint density at radius 3 is 2.29 bits per heavy atom. The monoisotopic (exact) mass is 603 g/mol.